The molecule has 1 aromatic rings. The van der Waals surface area contributed by atoms with Crippen LogP contribution in [0.15, 0.2) is 4.52 Å². The van der Waals surface area contributed by atoms with Crippen LogP contribution in [0.3, 0.4) is 0 Å². The molecule has 1 heterocycles. The second-order valence-corrected chi connectivity index (χ2v) is 4.37. The van der Waals surface area contributed by atoms with E-state index in [2.05, 4.69) is 30.9 Å². The van der Waals surface area contributed by atoms with Crippen LogP contribution >= 0.6 is 0 Å². The number of rotatable bonds is 7. The Balaban J connectivity index is 2.76. The van der Waals surface area contributed by atoms with E-state index in [0.29, 0.717) is 11.7 Å². The van der Waals surface area contributed by atoms with Gasteiger partial charge in [-0.1, -0.05) is 38.8 Å². The van der Waals surface area contributed by atoms with Gasteiger partial charge in [0.2, 0.25) is 5.89 Å². The zero-order chi connectivity index (χ0) is 12.0. The molecular weight excluding hydrogens is 202 g/mol. The third-order valence-corrected chi connectivity index (χ3v) is 2.98. The van der Waals surface area contributed by atoms with E-state index in [1.54, 1.807) is 0 Å². The molecule has 1 aromatic heterocycles. The Bertz CT molecular complexity index is 311. The lowest BCUT2D eigenvalue weighted by Crippen LogP contribution is -2.37. The Morgan fingerprint density at radius 1 is 1.25 bits per heavy atom. The van der Waals surface area contributed by atoms with Crippen LogP contribution in [-0.4, -0.2) is 10.1 Å². The molecule has 0 amide bonds. The summed E-state index contributed by atoms with van der Waals surface area (Å²) in [6, 6.07) is 0. The fraction of sp³-hybridized carbons (Fsp3) is 0.833. The summed E-state index contributed by atoms with van der Waals surface area (Å²) >= 11 is 0. The van der Waals surface area contributed by atoms with Crippen molar-refractivity contribution in [1.82, 2.24) is 10.1 Å². The summed E-state index contributed by atoms with van der Waals surface area (Å²) in [5, 5.41) is 4.02. The molecule has 1 atom stereocenters. The van der Waals surface area contributed by atoms with Crippen LogP contribution in [0, 0.1) is 0 Å². The third kappa shape index (κ3) is 3.04. The van der Waals surface area contributed by atoms with Crippen molar-refractivity contribution >= 4 is 0 Å². The van der Waals surface area contributed by atoms with Crippen molar-refractivity contribution in [3.05, 3.63) is 11.7 Å². The molecule has 2 N–H and O–H groups in total. The summed E-state index contributed by atoms with van der Waals surface area (Å²) in [7, 11) is 0. The van der Waals surface area contributed by atoms with Crippen molar-refractivity contribution in [3.63, 3.8) is 0 Å². The standard InChI is InChI=1S/C12H23N3O/c1-4-7-9-12(13,6-3)11-14-10(8-5-2)16-15-11/h4-9,13H2,1-3H3. The largest absolute Gasteiger partial charge is 0.339 e. The average molecular weight is 225 g/mol. The molecule has 4 nitrogen and oxygen atoms in total. The second-order valence-electron chi connectivity index (χ2n) is 4.37. The maximum atomic E-state index is 6.33. The molecule has 0 saturated carbocycles. The Kier molecular flexibility index (Phi) is 4.93. The first kappa shape index (κ1) is 13.2. The van der Waals surface area contributed by atoms with Crippen molar-refractivity contribution < 1.29 is 4.52 Å². The number of nitrogens with zero attached hydrogens (tertiary/aromatic N) is 2. The quantitative estimate of drug-likeness (QED) is 0.775. The summed E-state index contributed by atoms with van der Waals surface area (Å²) in [4.78, 5) is 4.39. The predicted octanol–water partition coefficient (Wildman–Crippen LogP) is 2.78. The molecule has 0 fully saturated rings. The lowest BCUT2D eigenvalue weighted by Gasteiger charge is -2.23. The van der Waals surface area contributed by atoms with E-state index in [1.165, 1.54) is 0 Å². The lowest BCUT2D eigenvalue weighted by atomic mass is 9.90. The van der Waals surface area contributed by atoms with Gasteiger partial charge in [-0.3, -0.25) is 0 Å². The molecule has 0 radical (unpaired) electrons. The third-order valence-electron chi connectivity index (χ3n) is 2.98. The number of aryl methyl sites for hydroxylation is 1. The monoisotopic (exact) mass is 225 g/mol. The highest BCUT2D eigenvalue weighted by molar-refractivity contribution is 5.03. The normalized spacial score (nSPS) is 15.0. The molecule has 0 aliphatic rings. The molecule has 0 spiro atoms. The van der Waals surface area contributed by atoms with Crippen LogP contribution in [0.4, 0.5) is 0 Å². The Morgan fingerprint density at radius 2 is 2.00 bits per heavy atom. The summed E-state index contributed by atoms with van der Waals surface area (Å²) in [6.07, 6.45) is 5.85. The van der Waals surface area contributed by atoms with Crippen molar-refractivity contribution in [2.45, 2.75) is 64.8 Å². The molecule has 16 heavy (non-hydrogen) atoms. The highest BCUT2D eigenvalue weighted by Crippen LogP contribution is 2.25. The summed E-state index contributed by atoms with van der Waals surface area (Å²) < 4.78 is 5.19. The van der Waals surface area contributed by atoms with Crippen LogP contribution in [0.5, 0.6) is 0 Å². The second kappa shape index (κ2) is 5.99. The molecule has 0 aromatic carbocycles. The first-order valence-electron chi connectivity index (χ1n) is 6.28. The Labute approximate surface area is 97.6 Å². The summed E-state index contributed by atoms with van der Waals surface area (Å²) in [5.41, 5.74) is 5.92. The van der Waals surface area contributed by atoms with E-state index in [9.17, 15) is 0 Å². The summed E-state index contributed by atoms with van der Waals surface area (Å²) in [5.74, 6) is 1.38. The fourth-order valence-corrected chi connectivity index (χ4v) is 1.71. The van der Waals surface area contributed by atoms with Gasteiger partial charge in [-0.05, 0) is 19.3 Å². The van der Waals surface area contributed by atoms with Crippen LogP contribution in [0.1, 0.15) is 64.6 Å². The molecule has 0 saturated heterocycles. The SMILES string of the molecule is CCCCC(N)(CC)c1noc(CCC)n1. The lowest BCUT2D eigenvalue weighted by molar-refractivity contribution is 0.322. The van der Waals surface area contributed by atoms with Gasteiger partial charge in [-0.2, -0.15) is 4.98 Å². The minimum Gasteiger partial charge on any atom is -0.339 e. The van der Waals surface area contributed by atoms with Crippen molar-refractivity contribution in [2.24, 2.45) is 5.73 Å². The van der Waals surface area contributed by atoms with E-state index < -0.39 is 5.54 Å². The smallest absolute Gasteiger partial charge is 0.226 e. The van der Waals surface area contributed by atoms with Crippen LogP contribution in [0.25, 0.3) is 0 Å². The van der Waals surface area contributed by atoms with Gasteiger partial charge < -0.3 is 10.3 Å². The maximum Gasteiger partial charge on any atom is 0.226 e. The van der Waals surface area contributed by atoms with Gasteiger partial charge in [-0.15, -0.1) is 0 Å². The van der Waals surface area contributed by atoms with Gasteiger partial charge in [0.15, 0.2) is 5.82 Å². The number of hydrogen-bond acceptors (Lipinski definition) is 4. The van der Waals surface area contributed by atoms with E-state index in [0.717, 1.165) is 38.5 Å². The highest BCUT2D eigenvalue weighted by atomic mass is 16.5. The molecule has 1 rings (SSSR count). The van der Waals surface area contributed by atoms with Crippen LogP contribution in [-0.2, 0) is 12.0 Å². The van der Waals surface area contributed by atoms with Crippen LogP contribution < -0.4 is 5.73 Å². The number of nitrogens with two attached hydrogens (primary N) is 1. The van der Waals surface area contributed by atoms with Gasteiger partial charge >= 0.3 is 0 Å². The van der Waals surface area contributed by atoms with Crippen molar-refractivity contribution in [2.75, 3.05) is 0 Å². The first-order chi connectivity index (χ1) is 7.66. The predicted molar refractivity (Wildman–Crippen MR) is 64.0 cm³/mol. The average Bonchev–Trinajstić information content (AvgIpc) is 2.75. The maximum absolute atomic E-state index is 6.33. The number of aromatic nitrogens is 2. The van der Waals surface area contributed by atoms with Crippen LogP contribution in [0.2, 0.25) is 0 Å². The molecular formula is C12H23N3O. The fourth-order valence-electron chi connectivity index (χ4n) is 1.71. The summed E-state index contributed by atoms with van der Waals surface area (Å²) in [6.45, 7) is 6.33. The van der Waals surface area contributed by atoms with Crippen molar-refractivity contribution in [3.8, 4) is 0 Å². The van der Waals surface area contributed by atoms with E-state index in [-0.39, 0.29) is 0 Å². The Morgan fingerprint density at radius 3 is 2.56 bits per heavy atom. The van der Waals surface area contributed by atoms with Gasteiger partial charge in [-0.25, -0.2) is 0 Å². The van der Waals surface area contributed by atoms with E-state index in [4.69, 9.17) is 10.3 Å². The highest BCUT2D eigenvalue weighted by Gasteiger charge is 2.30. The Hall–Kier alpha value is -0.900. The van der Waals surface area contributed by atoms with E-state index in [1.807, 2.05) is 0 Å². The molecule has 4 heteroatoms. The zero-order valence-corrected chi connectivity index (χ0v) is 10.6. The molecule has 1 unspecified atom stereocenters. The van der Waals surface area contributed by atoms with Gasteiger partial charge in [0, 0.05) is 6.42 Å². The minimum absolute atomic E-state index is 0.411. The first-order valence-corrected chi connectivity index (χ1v) is 6.28. The topological polar surface area (TPSA) is 64.9 Å². The molecule has 0 aliphatic heterocycles. The number of hydrogen-bond donors (Lipinski definition) is 1. The van der Waals surface area contributed by atoms with Gasteiger partial charge in [0.25, 0.3) is 0 Å². The van der Waals surface area contributed by atoms with E-state index >= 15 is 0 Å². The van der Waals surface area contributed by atoms with Gasteiger partial charge in [0.05, 0.1) is 5.54 Å². The molecule has 0 bridgehead atoms. The molecule has 0 aliphatic carbocycles. The number of unbranched alkanes of at least 4 members (excludes halogenated alkanes) is 1. The van der Waals surface area contributed by atoms with Crippen molar-refractivity contribution in [1.29, 1.82) is 0 Å². The molecule has 92 valence electrons. The van der Waals surface area contributed by atoms with Gasteiger partial charge in [0.1, 0.15) is 0 Å². The minimum atomic E-state index is -0.411. The zero-order valence-electron chi connectivity index (χ0n) is 10.6.